The van der Waals surface area contributed by atoms with Gasteiger partial charge in [-0.2, -0.15) is 0 Å². The number of nitrogens with zero attached hydrogens (tertiary/aromatic N) is 1. The van der Waals surface area contributed by atoms with Crippen LogP contribution in [0.3, 0.4) is 0 Å². The first-order valence-electron chi connectivity index (χ1n) is 7.76. The molecule has 0 radical (unpaired) electrons. The van der Waals surface area contributed by atoms with E-state index in [4.69, 9.17) is 10.5 Å². The molecule has 4 N–H and O–H groups in total. The van der Waals surface area contributed by atoms with Gasteiger partial charge in [0.1, 0.15) is 11.9 Å². The highest BCUT2D eigenvalue weighted by Crippen LogP contribution is 2.27. The molecule has 0 fully saturated rings. The molecule has 1 heterocycles. The summed E-state index contributed by atoms with van der Waals surface area (Å²) in [7, 11) is 0. The zero-order valence-corrected chi connectivity index (χ0v) is 14.1. The van der Waals surface area contributed by atoms with Crippen LogP contribution in [0.25, 0.3) is 0 Å². The third kappa shape index (κ3) is 3.93. The van der Waals surface area contributed by atoms with Crippen LogP contribution in [0.15, 0.2) is 27.9 Å². The average molecular weight is 333 g/mol. The standard InChI is InChI=1S/C17H23N3O4/c1-10-4-11(2)15(24-12(3)6-18)13(5-10)7-20-8-14(9-21)16(22)19-17(20)23/h4-5,8,12,21H,6-7,9,18H2,1-3H3,(H,19,22,23). The van der Waals surface area contributed by atoms with Gasteiger partial charge in [-0.05, 0) is 26.3 Å². The molecule has 7 heteroatoms. The van der Waals surface area contributed by atoms with E-state index in [2.05, 4.69) is 4.98 Å². The maximum atomic E-state index is 12.0. The van der Waals surface area contributed by atoms with E-state index < -0.39 is 17.9 Å². The van der Waals surface area contributed by atoms with Crippen molar-refractivity contribution >= 4 is 0 Å². The minimum absolute atomic E-state index is 0.136. The van der Waals surface area contributed by atoms with Gasteiger partial charge in [-0.1, -0.05) is 17.7 Å². The zero-order valence-electron chi connectivity index (χ0n) is 14.1. The SMILES string of the molecule is Cc1cc(C)c(OC(C)CN)c(Cn2cc(CO)c(=O)[nH]c2=O)c1. The van der Waals surface area contributed by atoms with Gasteiger partial charge < -0.3 is 15.6 Å². The van der Waals surface area contributed by atoms with Crippen LogP contribution >= 0.6 is 0 Å². The predicted molar refractivity (Wildman–Crippen MR) is 91.4 cm³/mol. The number of aromatic nitrogens is 2. The lowest BCUT2D eigenvalue weighted by Crippen LogP contribution is -2.32. The second-order valence-electron chi connectivity index (χ2n) is 5.93. The van der Waals surface area contributed by atoms with Gasteiger partial charge in [-0.25, -0.2) is 4.79 Å². The smallest absolute Gasteiger partial charge is 0.328 e. The number of aryl methyl sites for hydroxylation is 2. The number of ether oxygens (including phenoxy) is 1. The first-order chi connectivity index (χ1) is 11.3. The fourth-order valence-corrected chi connectivity index (χ4v) is 2.55. The number of aliphatic hydroxyl groups is 1. The third-order valence-corrected chi connectivity index (χ3v) is 3.74. The molecule has 0 spiro atoms. The number of hydrogen-bond donors (Lipinski definition) is 3. The molecule has 0 saturated heterocycles. The summed E-state index contributed by atoms with van der Waals surface area (Å²) in [5, 5.41) is 9.22. The van der Waals surface area contributed by atoms with Gasteiger partial charge >= 0.3 is 5.69 Å². The average Bonchev–Trinajstić information content (AvgIpc) is 2.52. The molecule has 2 rings (SSSR count). The van der Waals surface area contributed by atoms with Gasteiger partial charge in [0.2, 0.25) is 0 Å². The number of aliphatic hydroxyl groups excluding tert-OH is 1. The lowest BCUT2D eigenvalue weighted by Gasteiger charge is -2.19. The molecule has 2 aromatic rings. The lowest BCUT2D eigenvalue weighted by atomic mass is 10.1. The molecule has 1 aromatic heterocycles. The Bertz CT molecular complexity index is 839. The quantitative estimate of drug-likeness (QED) is 0.709. The number of hydrogen-bond acceptors (Lipinski definition) is 5. The molecule has 0 aliphatic carbocycles. The van der Waals surface area contributed by atoms with E-state index in [-0.39, 0.29) is 18.2 Å². The normalized spacial score (nSPS) is 12.2. The summed E-state index contributed by atoms with van der Waals surface area (Å²) >= 11 is 0. The second kappa shape index (κ2) is 7.46. The van der Waals surface area contributed by atoms with Gasteiger partial charge in [0.15, 0.2) is 0 Å². The van der Waals surface area contributed by atoms with Crippen LogP contribution in [0.1, 0.15) is 29.2 Å². The molecule has 130 valence electrons. The van der Waals surface area contributed by atoms with E-state index in [1.807, 2.05) is 32.9 Å². The molecule has 1 unspecified atom stereocenters. The van der Waals surface area contributed by atoms with E-state index in [0.29, 0.717) is 12.3 Å². The summed E-state index contributed by atoms with van der Waals surface area (Å²) in [6.45, 7) is 5.93. The minimum atomic E-state index is -0.576. The lowest BCUT2D eigenvalue weighted by molar-refractivity contribution is 0.225. The Morgan fingerprint density at radius 1 is 1.29 bits per heavy atom. The molecule has 0 bridgehead atoms. The van der Waals surface area contributed by atoms with Crippen molar-refractivity contribution in [3.8, 4) is 5.75 Å². The van der Waals surface area contributed by atoms with Crippen molar-refractivity contribution in [1.82, 2.24) is 9.55 Å². The Balaban J connectivity index is 2.49. The van der Waals surface area contributed by atoms with Crippen LogP contribution in [0.4, 0.5) is 0 Å². The molecule has 0 amide bonds. The van der Waals surface area contributed by atoms with E-state index in [1.54, 1.807) is 0 Å². The molecule has 0 saturated carbocycles. The molecule has 1 aromatic carbocycles. The van der Waals surface area contributed by atoms with Gasteiger partial charge in [-0.3, -0.25) is 14.3 Å². The highest BCUT2D eigenvalue weighted by Gasteiger charge is 2.13. The first-order valence-corrected chi connectivity index (χ1v) is 7.76. The third-order valence-electron chi connectivity index (χ3n) is 3.74. The highest BCUT2D eigenvalue weighted by molar-refractivity contribution is 5.44. The van der Waals surface area contributed by atoms with Crippen molar-refractivity contribution in [3.05, 3.63) is 61.4 Å². The van der Waals surface area contributed by atoms with Gasteiger partial charge in [0, 0.05) is 18.3 Å². The second-order valence-corrected chi connectivity index (χ2v) is 5.93. The fraction of sp³-hybridized carbons (Fsp3) is 0.412. The summed E-state index contributed by atoms with van der Waals surface area (Å²) in [6.07, 6.45) is 1.21. The molecular formula is C17H23N3O4. The van der Waals surface area contributed by atoms with Crippen molar-refractivity contribution in [2.45, 2.75) is 40.0 Å². The van der Waals surface area contributed by atoms with Crippen molar-refractivity contribution in [2.75, 3.05) is 6.54 Å². The summed E-state index contributed by atoms with van der Waals surface area (Å²) in [5.74, 6) is 0.683. The van der Waals surface area contributed by atoms with E-state index in [9.17, 15) is 14.7 Å². The first kappa shape index (κ1) is 18.0. The summed E-state index contributed by atoms with van der Waals surface area (Å²) < 4.78 is 7.26. The van der Waals surface area contributed by atoms with Crippen molar-refractivity contribution in [2.24, 2.45) is 5.73 Å². The predicted octanol–water partition coefficient (Wildman–Crippen LogP) is 0.420. The summed E-state index contributed by atoms with van der Waals surface area (Å²) in [4.78, 5) is 25.8. The van der Waals surface area contributed by atoms with Crippen LogP contribution in [0.5, 0.6) is 5.75 Å². The number of rotatable bonds is 6. The van der Waals surface area contributed by atoms with Gasteiger partial charge in [-0.15, -0.1) is 0 Å². The minimum Gasteiger partial charge on any atom is -0.489 e. The number of nitrogens with one attached hydrogen (secondary N) is 1. The van der Waals surface area contributed by atoms with Crippen LogP contribution in [0.2, 0.25) is 0 Å². The Kier molecular flexibility index (Phi) is 5.58. The number of aromatic amines is 1. The van der Waals surface area contributed by atoms with Crippen molar-refractivity contribution in [3.63, 3.8) is 0 Å². The van der Waals surface area contributed by atoms with Crippen LogP contribution < -0.4 is 21.7 Å². The fourth-order valence-electron chi connectivity index (χ4n) is 2.55. The maximum Gasteiger partial charge on any atom is 0.328 e. The monoisotopic (exact) mass is 333 g/mol. The highest BCUT2D eigenvalue weighted by atomic mass is 16.5. The van der Waals surface area contributed by atoms with Crippen LogP contribution in [-0.2, 0) is 13.2 Å². The van der Waals surface area contributed by atoms with Crippen molar-refractivity contribution in [1.29, 1.82) is 0 Å². The Morgan fingerprint density at radius 2 is 2.00 bits per heavy atom. The largest absolute Gasteiger partial charge is 0.489 e. The molecule has 1 atom stereocenters. The maximum absolute atomic E-state index is 12.0. The molecular weight excluding hydrogens is 310 g/mol. The van der Waals surface area contributed by atoms with E-state index in [1.165, 1.54) is 10.8 Å². The van der Waals surface area contributed by atoms with Gasteiger partial charge in [0.05, 0.1) is 18.7 Å². The molecule has 0 aliphatic heterocycles. The molecule has 24 heavy (non-hydrogen) atoms. The Hall–Kier alpha value is -2.38. The van der Waals surface area contributed by atoms with E-state index in [0.717, 1.165) is 16.7 Å². The number of H-pyrrole nitrogens is 1. The van der Waals surface area contributed by atoms with Crippen molar-refractivity contribution < 1.29 is 9.84 Å². The number of nitrogens with two attached hydrogens (primary N) is 1. The molecule has 7 nitrogen and oxygen atoms in total. The van der Waals surface area contributed by atoms with Gasteiger partial charge in [0.25, 0.3) is 5.56 Å². The molecule has 0 aliphatic rings. The Morgan fingerprint density at radius 3 is 2.62 bits per heavy atom. The Labute approximate surface area is 139 Å². The topological polar surface area (TPSA) is 110 Å². The number of benzene rings is 1. The van der Waals surface area contributed by atoms with E-state index >= 15 is 0 Å². The summed E-state index contributed by atoms with van der Waals surface area (Å²) in [6, 6.07) is 3.93. The summed E-state index contributed by atoms with van der Waals surface area (Å²) in [5.41, 5.74) is 7.46. The zero-order chi connectivity index (χ0) is 17.9. The van der Waals surface area contributed by atoms with Crippen LogP contribution in [0, 0.1) is 13.8 Å². The van der Waals surface area contributed by atoms with Crippen LogP contribution in [-0.4, -0.2) is 27.3 Å².